The summed E-state index contributed by atoms with van der Waals surface area (Å²) in [5.74, 6) is 1.09. The molecule has 0 aromatic heterocycles. The number of hydrogen-bond acceptors (Lipinski definition) is 3. The summed E-state index contributed by atoms with van der Waals surface area (Å²) in [7, 11) is 0. The van der Waals surface area contributed by atoms with Crippen molar-refractivity contribution in [2.45, 2.75) is 18.2 Å². The van der Waals surface area contributed by atoms with E-state index >= 15 is 0 Å². The molecule has 1 atom stereocenters. The molecule has 1 saturated heterocycles. The van der Waals surface area contributed by atoms with Gasteiger partial charge in [0.1, 0.15) is 0 Å². The fourth-order valence-corrected chi connectivity index (χ4v) is 2.59. The third-order valence-electron chi connectivity index (χ3n) is 3.02. The first-order valence-corrected chi connectivity index (χ1v) is 7.23. The van der Waals surface area contributed by atoms with E-state index in [-0.39, 0.29) is 11.9 Å². The van der Waals surface area contributed by atoms with Crippen LogP contribution >= 0.6 is 11.8 Å². The number of benzene rings is 1. The first kappa shape index (κ1) is 12.5. The molecule has 1 aromatic carbocycles. The highest BCUT2D eigenvalue weighted by Crippen LogP contribution is 2.15. The quantitative estimate of drug-likeness (QED) is 0.888. The molecule has 0 radical (unpaired) electrons. The van der Waals surface area contributed by atoms with Crippen LogP contribution in [0.4, 0.5) is 0 Å². The maximum absolute atomic E-state index is 12.1. The third-order valence-corrected chi connectivity index (χ3v) is 3.65. The van der Waals surface area contributed by atoms with E-state index in [0.717, 1.165) is 24.3 Å². The molecular weight excluding hydrogens is 232 g/mol. The zero-order valence-corrected chi connectivity index (χ0v) is 10.9. The lowest BCUT2D eigenvalue weighted by molar-refractivity contribution is 0.0791. The lowest BCUT2D eigenvalue weighted by Crippen LogP contribution is -2.31. The predicted octanol–water partition coefficient (Wildman–Crippen LogP) is 1.72. The summed E-state index contributed by atoms with van der Waals surface area (Å²) in [5.41, 5.74) is 7.83. The normalized spacial score (nSPS) is 19.6. The first-order valence-electron chi connectivity index (χ1n) is 5.83. The van der Waals surface area contributed by atoms with Gasteiger partial charge in [-0.1, -0.05) is 12.1 Å². The minimum absolute atomic E-state index is 0.105. The molecule has 2 N–H and O–H groups in total. The van der Waals surface area contributed by atoms with E-state index in [1.165, 1.54) is 5.56 Å². The average molecular weight is 250 g/mol. The Morgan fingerprint density at radius 2 is 2.18 bits per heavy atom. The first-order chi connectivity index (χ1) is 8.20. The predicted molar refractivity (Wildman–Crippen MR) is 72.2 cm³/mol. The second-order valence-electron chi connectivity index (χ2n) is 4.43. The lowest BCUT2D eigenvalue weighted by Gasteiger charge is -2.15. The van der Waals surface area contributed by atoms with Gasteiger partial charge < -0.3 is 10.6 Å². The van der Waals surface area contributed by atoms with Crippen LogP contribution in [0.15, 0.2) is 24.3 Å². The summed E-state index contributed by atoms with van der Waals surface area (Å²) in [5, 5.41) is 0. The van der Waals surface area contributed by atoms with Gasteiger partial charge in [-0.25, -0.2) is 0 Å². The SMILES string of the molecule is CSCc1ccc(C(=O)N2CCC(N)C2)cc1. The second kappa shape index (κ2) is 5.56. The van der Waals surface area contributed by atoms with Crippen LogP contribution in [0.3, 0.4) is 0 Å². The minimum Gasteiger partial charge on any atom is -0.337 e. The van der Waals surface area contributed by atoms with Crippen molar-refractivity contribution in [3.63, 3.8) is 0 Å². The molecule has 92 valence electrons. The summed E-state index contributed by atoms with van der Waals surface area (Å²) >= 11 is 1.78. The van der Waals surface area contributed by atoms with Crippen LogP contribution in [0, 0.1) is 0 Å². The molecule has 2 rings (SSSR count). The monoisotopic (exact) mass is 250 g/mol. The molecule has 1 heterocycles. The molecule has 3 nitrogen and oxygen atoms in total. The number of amides is 1. The van der Waals surface area contributed by atoms with Gasteiger partial charge in [-0.3, -0.25) is 4.79 Å². The van der Waals surface area contributed by atoms with Crippen LogP contribution in [-0.2, 0) is 5.75 Å². The lowest BCUT2D eigenvalue weighted by atomic mass is 10.1. The highest BCUT2D eigenvalue weighted by Gasteiger charge is 2.24. The number of likely N-dealkylation sites (tertiary alicyclic amines) is 1. The van der Waals surface area contributed by atoms with Crippen LogP contribution in [0.1, 0.15) is 22.3 Å². The zero-order chi connectivity index (χ0) is 12.3. The van der Waals surface area contributed by atoms with Crippen molar-refractivity contribution in [2.24, 2.45) is 5.73 Å². The summed E-state index contributed by atoms with van der Waals surface area (Å²) in [6.45, 7) is 1.47. The number of thioether (sulfide) groups is 1. The summed E-state index contributed by atoms with van der Waals surface area (Å²) in [6.07, 6.45) is 2.99. The number of carbonyl (C=O) groups excluding carboxylic acids is 1. The maximum atomic E-state index is 12.1. The van der Waals surface area contributed by atoms with E-state index in [0.29, 0.717) is 6.54 Å². The van der Waals surface area contributed by atoms with E-state index in [1.807, 2.05) is 29.2 Å². The van der Waals surface area contributed by atoms with Gasteiger partial charge in [-0.2, -0.15) is 11.8 Å². The molecule has 1 aliphatic rings. The number of nitrogens with zero attached hydrogens (tertiary/aromatic N) is 1. The van der Waals surface area contributed by atoms with Crippen molar-refractivity contribution in [2.75, 3.05) is 19.3 Å². The molecule has 0 spiro atoms. The van der Waals surface area contributed by atoms with Crippen LogP contribution in [0.2, 0.25) is 0 Å². The van der Waals surface area contributed by atoms with Gasteiger partial charge in [0, 0.05) is 30.4 Å². The van der Waals surface area contributed by atoms with Gasteiger partial charge in [-0.05, 0) is 30.4 Å². The van der Waals surface area contributed by atoms with E-state index in [4.69, 9.17) is 5.73 Å². The molecule has 0 saturated carbocycles. The molecule has 1 amide bonds. The number of nitrogens with two attached hydrogens (primary N) is 1. The largest absolute Gasteiger partial charge is 0.337 e. The van der Waals surface area contributed by atoms with E-state index in [2.05, 4.69) is 6.26 Å². The number of carbonyl (C=O) groups is 1. The standard InChI is InChI=1S/C13H18N2OS/c1-17-9-10-2-4-11(5-3-10)13(16)15-7-6-12(14)8-15/h2-5,12H,6-9,14H2,1H3. The van der Waals surface area contributed by atoms with Gasteiger partial charge in [0.15, 0.2) is 0 Å². The summed E-state index contributed by atoms with van der Waals surface area (Å²) in [6, 6.07) is 8.03. The average Bonchev–Trinajstić information content (AvgIpc) is 2.76. The van der Waals surface area contributed by atoms with Crippen molar-refractivity contribution in [3.8, 4) is 0 Å². The Bertz CT molecular complexity index is 391. The van der Waals surface area contributed by atoms with Crippen LogP contribution in [0.25, 0.3) is 0 Å². The Balaban J connectivity index is 2.04. The van der Waals surface area contributed by atoms with Gasteiger partial charge in [0.05, 0.1) is 0 Å². The Morgan fingerprint density at radius 1 is 1.47 bits per heavy atom. The second-order valence-corrected chi connectivity index (χ2v) is 5.30. The topological polar surface area (TPSA) is 46.3 Å². The van der Waals surface area contributed by atoms with E-state index in [9.17, 15) is 4.79 Å². The zero-order valence-electron chi connectivity index (χ0n) is 10.1. The molecule has 1 fully saturated rings. The van der Waals surface area contributed by atoms with Crippen molar-refractivity contribution >= 4 is 17.7 Å². The van der Waals surface area contributed by atoms with Crippen LogP contribution in [-0.4, -0.2) is 36.2 Å². The van der Waals surface area contributed by atoms with Crippen molar-refractivity contribution < 1.29 is 4.79 Å². The van der Waals surface area contributed by atoms with Crippen LogP contribution < -0.4 is 5.73 Å². The Kier molecular flexibility index (Phi) is 4.07. The van der Waals surface area contributed by atoms with E-state index < -0.39 is 0 Å². The van der Waals surface area contributed by atoms with Crippen molar-refractivity contribution in [1.82, 2.24) is 4.90 Å². The third kappa shape index (κ3) is 3.01. The highest BCUT2D eigenvalue weighted by molar-refractivity contribution is 7.97. The number of rotatable bonds is 3. The molecule has 17 heavy (non-hydrogen) atoms. The Labute approximate surface area is 106 Å². The van der Waals surface area contributed by atoms with Crippen molar-refractivity contribution in [1.29, 1.82) is 0 Å². The molecular formula is C13H18N2OS. The smallest absolute Gasteiger partial charge is 0.253 e. The molecule has 0 aliphatic carbocycles. The molecule has 1 unspecified atom stereocenters. The molecule has 4 heteroatoms. The fourth-order valence-electron chi connectivity index (χ4n) is 2.06. The molecule has 0 bridgehead atoms. The highest BCUT2D eigenvalue weighted by atomic mass is 32.2. The Hall–Kier alpha value is -1.00. The summed E-state index contributed by atoms with van der Waals surface area (Å²) < 4.78 is 0. The Morgan fingerprint density at radius 3 is 2.71 bits per heavy atom. The number of hydrogen-bond donors (Lipinski definition) is 1. The minimum atomic E-state index is 0.105. The summed E-state index contributed by atoms with van der Waals surface area (Å²) in [4.78, 5) is 14.0. The van der Waals surface area contributed by atoms with Gasteiger partial charge in [-0.15, -0.1) is 0 Å². The fraction of sp³-hybridized carbons (Fsp3) is 0.462. The molecule has 1 aromatic rings. The van der Waals surface area contributed by atoms with Gasteiger partial charge in [0.2, 0.25) is 0 Å². The van der Waals surface area contributed by atoms with E-state index in [1.54, 1.807) is 11.8 Å². The van der Waals surface area contributed by atoms with Crippen LogP contribution in [0.5, 0.6) is 0 Å². The van der Waals surface area contributed by atoms with Gasteiger partial charge in [0.25, 0.3) is 5.91 Å². The van der Waals surface area contributed by atoms with Gasteiger partial charge >= 0.3 is 0 Å². The molecule has 1 aliphatic heterocycles. The van der Waals surface area contributed by atoms with Crippen molar-refractivity contribution in [3.05, 3.63) is 35.4 Å². The maximum Gasteiger partial charge on any atom is 0.253 e.